The number of anilines is 1. The van der Waals surface area contributed by atoms with E-state index in [1.54, 1.807) is 43.9 Å². The average molecular weight is 825 g/mol. The monoisotopic (exact) mass is 824 g/mol. The van der Waals surface area contributed by atoms with Gasteiger partial charge in [-0.05, 0) is 31.8 Å². The largest absolute Gasteiger partial charge is 0.534 e. The summed E-state index contributed by atoms with van der Waals surface area (Å²) in [6.07, 6.45) is 0.320. The number of carbonyl (C=O) groups excluding carboxylic acids is 1. The van der Waals surface area contributed by atoms with Crippen LogP contribution in [0.3, 0.4) is 0 Å². The Labute approximate surface area is 227 Å². The number of alkyl halides is 4. The summed E-state index contributed by atoms with van der Waals surface area (Å²) < 4.78 is 55.7. The van der Waals surface area contributed by atoms with E-state index in [1.807, 2.05) is 11.9 Å². The molecule has 4 rings (SSSR count). The van der Waals surface area contributed by atoms with Crippen molar-refractivity contribution in [2.24, 2.45) is 13.0 Å². The maximum atomic E-state index is 14.7. The first-order valence-electron chi connectivity index (χ1n) is 12.1. The van der Waals surface area contributed by atoms with Gasteiger partial charge in [0.15, 0.2) is 5.69 Å². The fourth-order valence-electron chi connectivity index (χ4n) is 3.99. The van der Waals surface area contributed by atoms with Crippen LogP contribution in [0.25, 0.3) is 22.4 Å². The second-order valence-corrected chi connectivity index (χ2v) is 10.1. The quantitative estimate of drug-likeness (QED) is 0.247. The van der Waals surface area contributed by atoms with Crippen LogP contribution in [0.5, 0.6) is 0 Å². The predicted molar refractivity (Wildman–Crippen MR) is 145 cm³/mol. The number of benzene rings is 1. The molecule has 1 saturated heterocycles. The standard InChI is InChI=1S/C26H28F4N7OS.Lr/c1-16(26(28,29)30)23-19-7-4-8-21(32-13-17-9-11-36(2)15-39-24(17)27)20(19)12-18(34-23)6-5-10-31-25(38)22-14-33-37(3)35-22;/h4-8,12-14,17,24,32H,1,9-11,15H2,2-3H3,(H,31,38);/q-1;/b6-5+;/t17-,24-;/m0./s1. The molecule has 1 radical (unpaired) electrons. The summed E-state index contributed by atoms with van der Waals surface area (Å²) >= 11 is 1.21. The maximum Gasteiger partial charge on any atom is 0.417 e. The van der Waals surface area contributed by atoms with Crippen molar-refractivity contribution >= 4 is 45.8 Å². The van der Waals surface area contributed by atoms with Gasteiger partial charge in [-0.1, -0.05) is 31.2 Å². The number of halogens is 4. The van der Waals surface area contributed by atoms with Gasteiger partial charge in [0.1, 0.15) is 5.50 Å². The third-order valence-electron chi connectivity index (χ3n) is 6.11. The van der Waals surface area contributed by atoms with Crippen molar-refractivity contribution in [2.45, 2.75) is 18.1 Å². The van der Waals surface area contributed by atoms with E-state index in [0.717, 1.165) is 6.54 Å². The number of allylic oxidation sites excluding steroid dienone is 1. The second kappa shape index (κ2) is 12.6. The molecule has 0 aliphatic carbocycles. The van der Waals surface area contributed by atoms with E-state index in [1.165, 1.54) is 28.8 Å². The summed E-state index contributed by atoms with van der Waals surface area (Å²) in [6, 6.07) is 6.52. The number of carbonyl (C=O) groups is 1. The number of nitrogens with zero attached hydrogens (tertiary/aromatic N) is 5. The molecule has 1 aromatic carbocycles. The van der Waals surface area contributed by atoms with E-state index in [-0.39, 0.29) is 34.9 Å². The van der Waals surface area contributed by atoms with Crippen molar-refractivity contribution < 1.29 is 22.4 Å². The molecule has 40 heavy (non-hydrogen) atoms. The number of hydrogen-bond acceptors (Lipinski definition) is 7. The third-order valence-corrected chi connectivity index (χ3v) is 7.37. The van der Waals surface area contributed by atoms with Crippen molar-refractivity contribution in [2.75, 3.05) is 31.3 Å². The molecule has 1 fully saturated rings. The van der Waals surface area contributed by atoms with Gasteiger partial charge < -0.3 is 10.6 Å². The second-order valence-electron chi connectivity index (χ2n) is 9.09. The Hall–Kier alpha value is -4.45. The molecule has 2 aromatic heterocycles. The van der Waals surface area contributed by atoms with Crippen molar-refractivity contribution in [1.82, 2.24) is 30.2 Å². The first kappa shape index (κ1) is 30.1. The van der Waals surface area contributed by atoms with E-state index >= 15 is 0 Å². The summed E-state index contributed by atoms with van der Waals surface area (Å²) in [4.78, 5) is 19.7. The molecule has 1 aliphatic rings. The maximum absolute atomic E-state index is 14.7. The molecule has 2 atom stereocenters. The zero-order valence-electron chi connectivity index (χ0n) is 21.6. The minimum atomic E-state index is -4.69. The number of rotatable bonds is 8. The summed E-state index contributed by atoms with van der Waals surface area (Å²) in [5.41, 5.74) is -1.59. The molecule has 0 saturated carbocycles. The molecule has 223 valence electrons. The van der Waals surface area contributed by atoms with Gasteiger partial charge in [-0.15, -0.1) is 22.8 Å². The van der Waals surface area contributed by atoms with Crippen LogP contribution < -0.4 is 10.6 Å². The Morgan fingerprint density at radius 2 is 2.08 bits per heavy atom. The number of aryl methyl sites for hydroxylation is 1. The molecule has 0 spiro atoms. The van der Waals surface area contributed by atoms with E-state index in [2.05, 4.69) is 32.4 Å². The predicted octanol–water partition coefficient (Wildman–Crippen LogP) is 4.89. The number of hydrogen-bond donors (Lipinski definition) is 2. The van der Waals surface area contributed by atoms with E-state index in [9.17, 15) is 22.4 Å². The molecule has 3 aromatic rings. The van der Waals surface area contributed by atoms with E-state index < -0.39 is 23.2 Å². The summed E-state index contributed by atoms with van der Waals surface area (Å²) in [6.45, 7) is 5.74. The minimum absolute atomic E-state index is 0. The average Bonchev–Trinajstić information content (AvgIpc) is 3.27. The van der Waals surface area contributed by atoms with Crippen LogP contribution in [0.1, 0.15) is 28.3 Å². The Kier molecular flexibility index (Phi) is 9.48. The van der Waals surface area contributed by atoms with Gasteiger partial charge in [0, 0.05) is 35.9 Å². The van der Waals surface area contributed by atoms with Gasteiger partial charge in [0.25, 0.3) is 5.91 Å². The molecular formula is C26H28F4LrN7OS-. The Morgan fingerprint density at radius 1 is 1.30 bits per heavy atom. The van der Waals surface area contributed by atoms with Gasteiger partial charge in [-0.3, -0.25) is 9.69 Å². The Bertz CT molecular complexity index is 1380. The number of nitrogens with one attached hydrogen (secondary N) is 2. The summed E-state index contributed by atoms with van der Waals surface area (Å²) in [7, 11) is 3.51. The number of thioether (sulfide) groups is 1. The third kappa shape index (κ3) is 7.14. The molecule has 3 heterocycles. The molecule has 0 bridgehead atoms. The van der Waals surface area contributed by atoms with E-state index in [4.69, 9.17) is 0 Å². The first-order valence-corrected chi connectivity index (χ1v) is 13.1. The van der Waals surface area contributed by atoms with E-state index in [0.29, 0.717) is 23.4 Å². The van der Waals surface area contributed by atoms with Crippen LogP contribution in [-0.4, -0.2) is 68.5 Å². The van der Waals surface area contributed by atoms with Gasteiger partial charge in [0.2, 0.25) is 0 Å². The van der Waals surface area contributed by atoms with Gasteiger partial charge in [-0.2, -0.15) is 23.1 Å². The molecule has 1 aliphatic heterocycles. The molecule has 8 nitrogen and oxygen atoms in total. The molecule has 1 amide bonds. The van der Waals surface area contributed by atoms with Gasteiger partial charge >= 0.3 is 6.18 Å². The number of amides is 1. The summed E-state index contributed by atoms with van der Waals surface area (Å²) in [5.74, 6) is -0.233. The zero-order valence-corrected chi connectivity index (χ0v) is 24.6. The minimum Gasteiger partial charge on any atom is -0.534 e. The number of aromatic nitrogens is 4. The van der Waals surface area contributed by atoms with Gasteiger partial charge in [0.05, 0.1) is 23.2 Å². The van der Waals surface area contributed by atoms with Crippen molar-refractivity contribution in [3.63, 3.8) is 0 Å². The molecular weight excluding hydrogens is 796 g/mol. The number of pyridine rings is 1. The fourth-order valence-corrected chi connectivity index (χ4v) is 4.97. The van der Waals surface area contributed by atoms with Crippen molar-refractivity contribution in [3.05, 3.63) is 66.7 Å². The van der Waals surface area contributed by atoms with Crippen LogP contribution in [0.15, 0.2) is 43.1 Å². The zero-order chi connectivity index (χ0) is 28.2. The molecule has 14 heteroatoms. The Morgan fingerprint density at radius 3 is 2.77 bits per heavy atom. The fraction of sp³-hybridized carbons (Fsp3) is 0.346. The topological polar surface area (TPSA) is 88.0 Å². The summed E-state index contributed by atoms with van der Waals surface area (Å²) in [5, 5.41) is 14.3. The number of fused-ring (bicyclic) bond motifs is 1. The van der Waals surface area contributed by atoms with Crippen LogP contribution in [0, 0.1) is 12.5 Å². The van der Waals surface area contributed by atoms with Crippen molar-refractivity contribution in [3.8, 4) is 0 Å². The smallest absolute Gasteiger partial charge is 0.417 e. The van der Waals surface area contributed by atoms with Crippen LogP contribution >= 0.6 is 11.8 Å². The van der Waals surface area contributed by atoms with Gasteiger partial charge in [-0.25, -0.2) is 15.9 Å². The molecule has 0 unspecified atom stereocenters. The van der Waals surface area contributed by atoms with Crippen LogP contribution in [0.2, 0.25) is 0 Å². The van der Waals surface area contributed by atoms with Crippen molar-refractivity contribution in [1.29, 1.82) is 0 Å². The molecule has 2 N–H and O–H groups in total. The normalized spacial score (nSPS) is 18.4. The van der Waals surface area contributed by atoms with Crippen LogP contribution in [0.4, 0.5) is 23.2 Å². The first-order chi connectivity index (χ1) is 18.5. The SMILES string of the molecule is C=C(c1nc(/C=C/CNC(=O)c2cnn(C)n2)cc2c(N[CH-][C@@H]3CCN(C)CS[C@@H]3F)cccc12)C(F)(F)F.[Lr]. The Balaban J connectivity index is 0.00000441. The van der Waals surface area contributed by atoms with Crippen LogP contribution in [-0.2, 0) is 7.05 Å².